The molecule has 240 valence electrons. The Hall–Kier alpha value is -3.99. The second kappa shape index (κ2) is 18.6. The minimum atomic E-state index is -1.01. The maximum absolute atomic E-state index is 12.0. The number of aliphatic imine (C=N–C) groups is 1. The lowest BCUT2D eigenvalue weighted by molar-refractivity contribution is -0.149. The standard InChI is InChI=1S/C20H28N2O2.C13H19N3O4/c1-16(20(23)24-15-17-10-3-2-4-11-17)9-5-6-12-18-13-7-8-14-19(21)22-18;14-10(12(17)18)7-3-1-5-9-6-2-4-8-11-15-20-13(19)16(9)11/h2-6,10-11,16,18H,7-9,12-15H2,1H3,(H2,21,22);1,3,9-10H,2,4-8,14H2,(H,17,18)/t16-,18-;9-,10-/m00/s1. The van der Waals surface area contributed by atoms with E-state index in [9.17, 15) is 14.4 Å². The Labute approximate surface area is 259 Å². The molecular weight excluding hydrogens is 562 g/mol. The summed E-state index contributed by atoms with van der Waals surface area (Å²) in [5.41, 5.74) is 12.3. The summed E-state index contributed by atoms with van der Waals surface area (Å²) < 4.78 is 11.7. The third-order valence-corrected chi connectivity index (χ3v) is 7.80. The van der Waals surface area contributed by atoms with Crippen molar-refractivity contribution in [2.24, 2.45) is 22.4 Å². The van der Waals surface area contributed by atoms with E-state index in [4.69, 9.17) is 25.8 Å². The van der Waals surface area contributed by atoms with Crippen LogP contribution in [0, 0.1) is 5.92 Å². The van der Waals surface area contributed by atoms with Crippen LogP contribution in [0.5, 0.6) is 0 Å². The number of amidine groups is 1. The summed E-state index contributed by atoms with van der Waals surface area (Å²) in [6, 6.07) is 9.19. The smallest absolute Gasteiger partial charge is 0.441 e. The second-order valence-electron chi connectivity index (χ2n) is 11.5. The number of nitrogens with zero attached hydrogens (tertiary/aromatic N) is 3. The van der Waals surface area contributed by atoms with Crippen LogP contribution in [0.3, 0.4) is 0 Å². The highest BCUT2D eigenvalue weighted by molar-refractivity contribution is 5.80. The van der Waals surface area contributed by atoms with Gasteiger partial charge < -0.3 is 21.3 Å². The van der Waals surface area contributed by atoms with E-state index in [2.05, 4.69) is 22.3 Å². The second-order valence-corrected chi connectivity index (χ2v) is 11.5. The van der Waals surface area contributed by atoms with Gasteiger partial charge in [0, 0.05) is 18.9 Å². The zero-order valence-electron chi connectivity index (χ0n) is 25.7. The molecule has 0 unspecified atom stereocenters. The Morgan fingerprint density at radius 1 is 1.05 bits per heavy atom. The van der Waals surface area contributed by atoms with Crippen molar-refractivity contribution in [3.05, 3.63) is 76.6 Å². The van der Waals surface area contributed by atoms with Crippen LogP contribution in [-0.4, -0.2) is 44.7 Å². The van der Waals surface area contributed by atoms with Crippen molar-refractivity contribution >= 4 is 17.8 Å². The van der Waals surface area contributed by atoms with Crippen molar-refractivity contribution in [3.63, 3.8) is 0 Å². The number of nitrogens with two attached hydrogens (primary N) is 2. The summed E-state index contributed by atoms with van der Waals surface area (Å²) in [5, 5.41) is 12.5. The number of carbonyl (C=O) groups is 2. The third-order valence-electron chi connectivity index (χ3n) is 7.80. The van der Waals surface area contributed by atoms with E-state index in [-0.39, 0.29) is 24.3 Å². The first-order valence-electron chi connectivity index (χ1n) is 15.6. The normalized spacial score (nSPS) is 20.0. The van der Waals surface area contributed by atoms with Crippen molar-refractivity contribution in [3.8, 4) is 0 Å². The molecule has 4 rings (SSSR count). The number of carboxylic acids is 1. The van der Waals surface area contributed by atoms with Crippen LogP contribution in [0.2, 0.25) is 0 Å². The molecule has 0 saturated heterocycles. The average molecular weight is 610 g/mol. The van der Waals surface area contributed by atoms with Crippen LogP contribution < -0.4 is 17.2 Å². The van der Waals surface area contributed by atoms with Gasteiger partial charge >= 0.3 is 17.7 Å². The van der Waals surface area contributed by atoms with Crippen LogP contribution in [-0.2, 0) is 27.4 Å². The number of rotatable bonds is 12. The fourth-order valence-corrected chi connectivity index (χ4v) is 5.16. The molecule has 5 N–H and O–H groups in total. The number of aryl methyl sites for hydroxylation is 1. The maximum Gasteiger partial charge on any atom is 0.441 e. The molecule has 0 radical (unpaired) electrons. The van der Waals surface area contributed by atoms with Crippen LogP contribution in [0.25, 0.3) is 0 Å². The largest absolute Gasteiger partial charge is 0.480 e. The van der Waals surface area contributed by atoms with Crippen molar-refractivity contribution in [2.75, 3.05) is 0 Å². The van der Waals surface area contributed by atoms with Gasteiger partial charge in [-0.25, -0.2) is 4.79 Å². The lowest BCUT2D eigenvalue weighted by Gasteiger charge is -2.13. The predicted octanol–water partition coefficient (Wildman–Crippen LogP) is 4.85. The number of fused-ring (bicyclic) bond motifs is 1. The van der Waals surface area contributed by atoms with E-state index < -0.39 is 17.8 Å². The lowest BCUT2D eigenvalue weighted by atomic mass is 10.0. The Morgan fingerprint density at radius 3 is 2.52 bits per heavy atom. The molecule has 0 amide bonds. The maximum atomic E-state index is 12.0. The van der Waals surface area contributed by atoms with Crippen molar-refractivity contribution in [2.45, 2.75) is 109 Å². The highest BCUT2D eigenvalue weighted by Crippen LogP contribution is 2.24. The van der Waals surface area contributed by atoms with Gasteiger partial charge in [-0.05, 0) is 56.9 Å². The Morgan fingerprint density at radius 2 is 1.75 bits per heavy atom. The Balaban J connectivity index is 0.000000244. The molecule has 2 aliphatic heterocycles. The molecule has 11 heteroatoms. The zero-order valence-corrected chi connectivity index (χ0v) is 25.7. The number of carboxylic acid groups (broad SMARTS) is 1. The van der Waals surface area contributed by atoms with Gasteiger partial charge in [0.25, 0.3) is 0 Å². The van der Waals surface area contributed by atoms with Gasteiger partial charge in [-0.2, -0.15) is 0 Å². The van der Waals surface area contributed by atoms with Gasteiger partial charge in [-0.3, -0.25) is 23.7 Å². The fraction of sp³-hybridized carbons (Fsp3) is 0.545. The quantitative estimate of drug-likeness (QED) is 0.224. The number of carbonyl (C=O) groups excluding carboxylic acids is 1. The summed E-state index contributed by atoms with van der Waals surface area (Å²) in [6.07, 6.45) is 18.4. The lowest BCUT2D eigenvalue weighted by Crippen LogP contribution is -2.29. The van der Waals surface area contributed by atoms with Gasteiger partial charge in [-0.1, -0.05) is 79.6 Å². The zero-order chi connectivity index (χ0) is 31.7. The van der Waals surface area contributed by atoms with Crippen LogP contribution in [0.1, 0.15) is 95.0 Å². The number of hydrogen-bond acceptors (Lipinski definition) is 9. The molecule has 3 heterocycles. The molecule has 2 aliphatic rings. The Bertz CT molecular complexity index is 1320. The highest BCUT2D eigenvalue weighted by Gasteiger charge is 2.22. The molecular formula is C33H47N5O6. The highest BCUT2D eigenvalue weighted by atomic mass is 16.5. The van der Waals surface area contributed by atoms with Gasteiger partial charge in [0.2, 0.25) is 0 Å². The summed E-state index contributed by atoms with van der Waals surface area (Å²) in [7, 11) is 0. The van der Waals surface area contributed by atoms with Crippen molar-refractivity contribution in [1.82, 2.24) is 9.72 Å². The van der Waals surface area contributed by atoms with Gasteiger partial charge in [-0.15, -0.1) is 0 Å². The van der Waals surface area contributed by atoms with Crippen LogP contribution >= 0.6 is 0 Å². The molecule has 44 heavy (non-hydrogen) atoms. The minimum absolute atomic E-state index is 0.0311. The van der Waals surface area contributed by atoms with E-state index in [0.717, 1.165) is 62.8 Å². The predicted molar refractivity (Wildman–Crippen MR) is 169 cm³/mol. The average Bonchev–Trinajstić information content (AvgIpc) is 3.15. The number of esters is 1. The molecule has 1 aromatic heterocycles. The van der Waals surface area contributed by atoms with E-state index in [1.807, 2.05) is 43.3 Å². The summed E-state index contributed by atoms with van der Waals surface area (Å²) in [6.45, 7) is 2.24. The molecule has 1 aromatic carbocycles. The van der Waals surface area contributed by atoms with Crippen LogP contribution in [0.15, 0.2) is 68.9 Å². The topological polar surface area (TPSA) is 176 Å². The van der Waals surface area contributed by atoms with Crippen molar-refractivity contribution < 1.29 is 24.0 Å². The number of hydrogen-bond donors (Lipinski definition) is 3. The molecule has 0 bridgehead atoms. The molecule has 11 nitrogen and oxygen atoms in total. The van der Waals surface area contributed by atoms with E-state index in [0.29, 0.717) is 31.3 Å². The molecule has 0 saturated carbocycles. The molecule has 0 spiro atoms. The summed E-state index contributed by atoms with van der Waals surface area (Å²) in [5.74, 6) is -0.228. The molecule has 4 atom stereocenters. The first kappa shape index (κ1) is 34.5. The van der Waals surface area contributed by atoms with Gasteiger partial charge in [0.15, 0.2) is 5.82 Å². The fourth-order valence-electron chi connectivity index (χ4n) is 5.16. The minimum Gasteiger partial charge on any atom is -0.480 e. The van der Waals surface area contributed by atoms with Crippen LogP contribution in [0.4, 0.5) is 0 Å². The molecule has 0 aliphatic carbocycles. The monoisotopic (exact) mass is 609 g/mol. The third kappa shape index (κ3) is 11.9. The Kier molecular flexibility index (Phi) is 14.6. The number of ether oxygens (including phenoxy) is 1. The van der Waals surface area contributed by atoms with E-state index >= 15 is 0 Å². The number of aliphatic carboxylic acids is 1. The van der Waals surface area contributed by atoms with Gasteiger partial charge in [0.05, 0.1) is 17.8 Å². The summed E-state index contributed by atoms with van der Waals surface area (Å²) >= 11 is 0. The van der Waals surface area contributed by atoms with E-state index in [1.54, 1.807) is 10.6 Å². The number of allylic oxidation sites excluding steroid dienone is 2. The SMILES string of the molecule is C[C@@H](CC=CC[C@H]1CCCCC(N)=N1)C(=O)OCc1ccccc1.N[C@@H](CC=CC[C@H]1CCCCc2noc(=O)n21)C(=O)O. The molecule has 2 aromatic rings. The first-order valence-corrected chi connectivity index (χ1v) is 15.6. The van der Waals surface area contributed by atoms with Gasteiger partial charge in [0.1, 0.15) is 12.6 Å². The van der Waals surface area contributed by atoms with E-state index in [1.165, 1.54) is 6.42 Å². The summed E-state index contributed by atoms with van der Waals surface area (Å²) in [4.78, 5) is 38.8. The first-order chi connectivity index (χ1) is 21.2. The molecule has 0 fully saturated rings. The number of benzene rings is 1. The van der Waals surface area contributed by atoms with Crippen molar-refractivity contribution in [1.29, 1.82) is 0 Å². The number of aromatic nitrogens is 2.